The largest absolute Gasteiger partial charge is 0.368 e. The maximum absolute atomic E-state index is 5.88. The lowest BCUT2D eigenvalue weighted by molar-refractivity contribution is 0.667. The van der Waals surface area contributed by atoms with Gasteiger partial charge < -0.3 is 15.2 Å². The van der Waals surface area contributed by atoms with E-state index in [-0.39, 0.29) is 11.2 Å². The summed E-state index contributed by atoms with van der Waals surface area (Å²) < 4.78 is 2.36. The topological polar surface area (TPSA) is 85.8 Å². The fraction of sp³-hybridized carbons (Fsp3) is 0.368. The van der Waals surface area contributed by atoms with E-state index in [0.29, 0.717) is 17.8 Å². The molecule has 1 aromatic carbocycles. The van der Waals surface area contributed by atoms with Gasteiger partial charge in [-0.25, -0.2) is 4.98 Å². The molecule has 2 N–H and O–H groups in total. The molecule has 7 nitrogen and oxygen atoms in total. The molecule has 0 radical (unpaired) electrons. The summed E-state index contributed by atoms with van der Waals surface area (Å²) in [5, 5.41) is 1.01. The van der Waals surface area contributed by atoms with Crippen LogP contribution in [-0.2, 0) is 0 Å². The lowest BCUT2D eigenvalue weighted by atomic mass is 10.2. The molecule has 1 saturated carbocycles. The number of thioether (sulfide) groups is 1. The summed E-state index contributed by atoms with van der Waals surface area (Å²) in [6, 6.07) is 10.9. The van der Waals surface area contributed by atoms with Crippen LogP contribution in [0, 0.1) is 0 Å². The normalized spacial score (nSPS) is 14.9. The Kier molecular flexibility index (Phi) is 4.73. The molecule has 3 aromatic rings. The highest BCUT2D eigenvalue weighted by Gasteiger charge is 2.30. The zero-order valence-corrected chi connectivity index (χ0v) is 16.5. The Hall–Kier alpha value is -2.61. The Labute approximate surface area is 163 Å². The van der Waals surface area contributed by atoms with Gasteiger partial charge in [-0.2, -0.15) is 15.0 Å². The second-order valence-corrected chi connectivity index (χ2v) is 8.21. The number of nitrogens with zero attached hydrogens (tertiary/aromatic N) is 6. The molecule has 1 fully saturated rings. The average Bonchev–Trinajstić information content (AvgIpc) is 3.42. The molecule has 2 heterocycles. The van der Waals surface area contributed by atoms with Crippen molar-refractivity contribution in [1.29, 1.82) is 0 Å². The Balaban J connectivity index is 1.64. The van der Waals surface area contributed by atoms with Gasteiger partial charge >= 0.3 is 0 Å². The van der Waals surface area contributed by atoms with Gasteiger partial charge in [0, 0.05) is 20.1 Å². The van der Waals surface area contributed by atoms with Gasteiger partial charge in [0.1, 0.15) is 5.82 Å². The Bertz CT molecular complexity index is 934. The van der Waals surface area contributed by atoms with Crippen molar-refractivity contribution in [2.24, 2.45) is 0 Å². The van der Waals surface area contributed by atoms with Crippen LogP contribution in [0.2, 0.25) is 0 Å². The maximum Gasteiger partial charge on any atom is 0.229 e. The van der Waals surface area contributed by atoms with Crippen LogP contribution in [0.3, 0.4) is 0 Å². The molecule has 1 aliphatic carbocycles. The number of hydrogen-bond donors (Lipinski definition) is 1. The van der Waals surface area contributed by atoms with Crippen molar-refractivity contribution >= 4 is 23.7 Å². The first-order valence-electron chi connectivity index (χ1n) is 9.01. The summed E-state index contributed by atoms with van der Waals surface area (Å²) >= 11 is 1.66. The molecule has 0 spiro atoms. The van der Waals surface area contributed by atoms with E-state index in [1.165, 1.54) is 18.4 Å². The van der Waals surface area contributed by atoms with Crippen LogP contribution in [0.15, 0.2) is 41.7 Å². The van der Waals surface area contributed by atoms with E-state index in [1.807, 2.05) is 31.3 Å². The monoisotopic (exact) mass is 381 g/mol. The molecule has 1 atom stereocenters. The Morgan fingerprint density at radius 3 is 2.56 bits per heavy atom. The number of aromatic nitrogens is 5. The summed E-state index contributed by atoms with van der Waals surface area (Å²) in [4.78, 5) is 19.6. The maximum atomic E-state index is 5.88. The van der Waals surface area contributed by atoms with Crippen molar-refractivity contribution < 1.29 is 0 Å². The van der Waals surface area contributed by atoms with Gasteiger partial charge in [0.2, 0.25) is 11.9 Å². The zero-order valence-electron chi connectivity index (χ0n) is 15.7. The van der Waals surface area contributed by atoms with Gasteiger partial charge in [0.15, 0.2) is 5.16 Å². The SMILES string of the molecule is CC(Sc1ncc(-c2ccccc2)n1C1CC1)c1nc(N)nc(N(C)C)n1. The van der Waals surface area contributed by atoms with E-state index in [4.69, 9.17) is 10.7 Å². The first-order chi connectivity index (χ1) is 13.0. The van der Waals surface area contributed by atoms with E-state index in [0.717, 1.165) is 10.9 Å². The predicted octanol–water partition coefficient (Wildman–Crippen LogP) is 3.57. The van der Waals surface area contributed by atoms with Gasteiger partial charge in [-0.15, -0.1) is 0 Å². The van der Waals surface area contributed by atoms with Crippen molar-refractivity contribution in [3.05, 3.63) is 42.4 Å². The summed E-state index contributed by atoms with van der Waals surface area (Å²) in [5.41, 5.74) is 8.23. The van der Waals surface area contributed by atoms with Gasteiger partial charge in [0.25, 0.3) is 0 Å². The predicted molar refractivity (Wildman–Crippen MR) is 109 cm³/mol. The third kappa shape index (κ3) is 3.75. The molecule has 0 amide bonds. The van der Waals surface area contributed by atoms with E-state index < -0.39 is 0 Å². The van der Waals surface area contributed by atoms with Crippen LogP contribution in [0.4, 0.5) is 11.9 Å². The second-order valence-electron chi connectivity index (χ2n) is 6.90. The molecular formula is C19H23N7S. The van der Waals surface area contributed by atoms with Crippen LogP contribution >= 0.6 is 11.8 Å². The lowest BCUT2D eigenvalue weighted by Crippen LogP contribution is -2.16. The van der Waals surface area contributed by atoms with Crippen LogP contribution in [-0.4, -0.2) is 38.6 Å². The van der Waals surface area contributed by atoms with Crippen LogP contribution < -0.4 is 10.6 Å². The minimum absolute atomic E-state index is 0.0116. The average molecular weight is 382 g/mol. The Morgan fingerprint density at radius 1 is 1.15 bits per heavy atom. The van der Waals surface area contributed by atoms with E-state index in [1.54, 1.807) is 11.8 Å². The summed E-state index contributed by atoms with van der Waals surface area (Å²) in [6.07, 6.45) is 4.36. The summed E-state index contributed by atoms with van der Waals surface area (Å²) in [5.74, 6) is 1.48. The van der Waals surface area contributed by atoms with Crippen molar-refractivity contribution in [3.8, 4) is 11.3 Å². The molecule has 8 heteroatoms. The molecule has 140 valence electrons. The van der Waals surface area contributed by atoms with Crippen molar-refractivity contribution in [2.75, 3.05) is 24.7 Å². The highest BCUT2D eigenvalue weighted by molar-refractivity contribution is 7.99. The number of benzene rings is 1. The summed E-state index contributed by atoms with van der Waals surface area (Å²) in [7, 11) is 3.78. The van der Waals surface area contributed by atoms with E-state index in [2.05, 4.69) is 50.7 Å². The van der Waals surface area contributed by atoms with Crippen LogP contribution in [0.25, 0.3) is 11.3 Å². The molecule has 4 rings (SSSR count). The molecular weight excluding hydrogens is 358 g/mol. The number of nitrogens with two attached hydrogens (primary N) is 1. The highest BCUT2D eigenvalue weighted by Crippen LogP contribution is 2.44. The fourth-order valence-electron chi connectivity index (χ4n) is 2.93. The van der Waals surface area contributed by atoms with Gasteiger partial charge in [-0.05, 0) is 25.3 Å². The van der Waals surface area contributed by atoms with Gasteiger partial charge in [-0.3, -0.25) is 0 Å². The zero-order chi connectivity index (χ0) is 19.0. The molecule has 2 aromatic heterocycles. The number of nitrogen functional groups attached to an aromatic ring is 1. The van der Waals surface area contributed by atoms with Crippen LogP contribution in [0.1, 0.15) is 36.9 Å². The first-order valence-corrected chi connectivity index (χ1v) is 9.89. The second kappa shape index (κ2) is 7.19. The highest BCUT2D eigenvalue weighted by atomic mass is 32.2. The number of rotatable bonds is 6. The lowest BCUT2D eigenvalue weighted by Gasteiger charge is -2.16. The van der Waals surface area contributed by atoms with Gasteiger partial charge in [0.05, 0.1) is 17.1 Å². The van der Waals surface area contributed by atoms with E-state index >= 15 is 0 Å². The first kappa shape index (κ1) is 17.8. The molecule has 0 aliphatic heterocycles. The standard InChI is InChI=1S/C19H23N7S/c1-12(16-22-17(20)24-18(23-16)25(2)3)27-19-21-11-15(26(19)14-9-10-14)13-7-5-4-6-8-13/h4-8,11-12,14H,9-10H2,1-3H3,(H2,20,22,23,24). The third-order valence-corrected chi connectivity index (χ3v) is 5.53. The quantitative estimate of drug-likeness (QED) is 0.653. The minimum atomic E-state index is 0.0116. The van der Waals surface area contributed by atoms with Crippen molar-refractivity contribution in [3.63, 3.8) is 0 Å². The number of hydrogen-bond acceptors (Lipinski definition) is 7. The molecule has 27 heavy (non-hydrogen) atoms. The number of anilines is 2. The minimum Gasteiger partial charge on any atom is -0.368 e. The number of imidazole rings is 1. The Morgan fingerprint density at radius 2 is 1.89 bits per heavy atom. The molecule has 1 unspecified atom stereocenters. The van der Waals surface area contributed by atoms with Crippen molar-refractivity contribution in [1.82, 2.24) is 24.5 Å². The van der Waals surface area contributed by atoms with Gasteiger partial charge in [-0.1, -0.05) is 42.1 Å². The smallest absolute Gasteiger partial charge is 0.229 e. The third-order valence-electron chi connectivity index (χ3n) is 4.45. The molecule has 0 bridgehead atoms. The summed E-state index contributed by atoms with van der Waals surface area (Å²) in [6.45, 7) is 2.08. The van der Waals surface area contributed by atoms with E-state index in [9.17, 15) is 0 Å². The van der Waals surface area contributed by atoms with Crippen LogP contribution in [0.5, 0.6) is 0 Å². The molecule has 0 saturated heterocycles. The molecule has 1 aliphatic rings. The van der Waals surface area contributed by atoms with Crippen molar-refractivity contribution in [2.45, 2.75) is 36.2 Å². The fourth-order valence-corrected chi connectivity index (χ4v) is 3.93.